The Morgan fingerprint density at radius 2 is 2.09 bits per heavy atom. The molecule has 3 nitrogen and oxygen atoms in total. The average molecular weight is 309 g/mol. The molecule has 0 spiro atoms. The second-order valence-corrected chi connectivity index (χ2v) is 7.28. The first-order valence-electron chi connectivity index (χ1n) is 7.80. The molecule has 4 rings (SSSR count). The summed E-state index contributed by atoms with van der Waals surface area (Å²) in [5.41, 5.74) is 3.81. The molecule has 0 aliphatic heterocycles. The molecular weight excluding hydrogens is 290 g/mol. The van der Waals surface area contributed by atoms with E-state index in [0.717, 1.165) is 28.7 Å². The maximum Gasteiger partial charge on any atom is 0.142 e. The SMILES string of the molecule is Cc1ccccc1Nc1ncnc2sc3c(c12)CCC(C)C3. The summed E-state index contributed by atoms with van der Waals surface area (Å²) in [6.07, 6.45) is 5.26. The lowest BCUT2D eigenvalue weighted by Crippen LogP contribution is -2.09. The molecule has 4 heteroatoms. The van der Waals surface area contributed by atoms with E-state index < -0.39 is 0 Å². The van der Waals surface area contributed by atoms with Crippen molar-refractivity contribution in [2.75, 3.05) is 5.32 Å². The Morgan fingerprint density at radius 1 is 1.23 bits per heavy atom. The highest BCUT2D eigenvalue weighted by Gasteiger charge is 2.23. The summed E-state index contributed by atoms with van der Waals surface area (Å²) in [7, 11) is 0. The molecule has 1 aliphatic carbocycles. The van der Waals surface area contributed by atoms with Gasteiger partial charge >= 0.3 is 0 Å². The molecular formula is C18H19N3S. The Balaban J connectivity index is 1.83. The van der Waals surface area contributed by atoms with Crippen LogP contribution in [0.15, 0.2) is 30.6 Å². The van der Waals surface area contributed by atoms with Gasteiger partial charge in [-0.3, -0.25) is 0 Å². The smallest absolute Gasteiger partial charge is 0.142 e. The molecule has 112 valence electrons. The molecule has 1 N–H and O–H groups in total. The van der Waals surface area contributed by atoms with Crippen molar-refractivity contribution in [2.24, 2.45) is 5.92 Å². The number of hydrogen-bond donors (Lipinski definition) is 1. The molecule has 0 bridgehead atoms. The summed E-state index contributed by atoms with van der Waals surface area (Å²) in [4.78, 5) is 11.6. The summed E-state index contributed by atoms with van der Waals surface area (Å²) in [5.74, 6) is 1.73. The maximum atomic E-state index is 4.53. The van der Waals surface area contributed by atoms with Crippen LogP contribution in [0.2, 0.25) is 0 Å². The van der Waals surface area contributed by atoms with Crippen molar-refractivity contribution in [3.05, 3.63) is 46.6 Å². The van der Waals surface area contributed by atoms with Crippen LogP contribution in [0, 0.1) is 12.8 Å². The number of rotatable bonds is 2. The zero-order valence-corrected chi connectivity index (χ0v) is 13.7. The highest BCUT2D eigenvalue weighted by molar-refractivity contribution is 7.19. The molecule has 2 heterocycles. The van der Waals surface area contributed by atoms with Crippen molar-refractivity contribution in [3.63, 3.8) is 0 Å². The second kappa shape index (κ2) is 5.36. The minimum absolute atomic E-state index is 0.779. The fourth-order valence-corrected chi connectivity index (χ4v) is 4.56. The predicted octanol–water partition coefficient (Wildman–Crippen LogP) is 4.87. The summed E-state index contributed by atoms with van der Waals surface area (Å²) < 4.78 is 0. The fourth-order valence-electron chi connectivity index (χ4n) is 3.21. The predicted molar refractivity (Wildman–Crippen MR) is 93.1 cm³/mol. The standard InChI is InChI=1S/C18H19N3S/c1-11-7-8-13-15(9-11)22-18-16(13)17(19-10-20-18)21-14-6-4-3-5-12(14)2/h3-6,10-11H,7-9H2,1-2H3,(H,19,20,21). The average Bonchev–Trinajstić information content (AvgIpc) is 2.88. The third-order valence-electron chi connectivity index (χ3n) is 4.49. The Hall–Kier alpha value is -1.94. The second-order valence-electron chi connectivity index (χ2n) is 6.19. The molecule has 2 aromatic heterocycles. The van der Waals surface area contributed by atoms with Gasteiger partial charge in [0.15, 0.2) is 0 Å². The largest absolute Gasteiger partial charge is 0.339 e. The van der Waals surface area contributed by atoms with Gasteiger partial charge in [0.25, 0.3) is 0 Å². The van der Waals surface area contributed by atoms with Crippen molar-refractivity contribution in [1.82, 2.24) is 9.97 Å². The molecule has 0 amide bonds. The van der Waals surface area contributed by atoms with Crippen molar-refractivity contribution in [3.8, 4) is 0 Å². The molecule has 0 saturated heterocycles. The lowest BCUT2D eigenvalue weighted by molar-refractivity contribution is 0.509. The lowest BCUT2D eigenvalue weighted by Gasteiger charge is -2.18. The minimum Gasteiger partial charge on any atom is -0.339 e. The molecule has 0 fully saturated rings. The first kappa shape index (κ1) is 13.7. The van der Waals surface area contributed by atoms with E-state index in [9.17, 15) is 0 Å². The van der Waals surface area contributed by atoms with E-state index in [-0.39, 0.29) is 0 Å². The molecule has 3 aromatic rings. The lowest BCUT2D eigenvalue weighted by atomic mass is 9.89. The van der Waals surface area contributed by atoms with Gasteiger partial charge in [0.05, 0.1) is 5.39 Å². The van der Waals surface area contributed by atoms with E-state index >= 15 is 0 Å². The van der Waals surface area contributed by atoms with Crippen LogP contribution in [0.5, 0.6) is 0 Å². The van der Waals surface area contributed by atoms with Gasteiger partial charge in [0.1, 0.15) is 17.0 Å². The normalized spacial score (nSPS) is 17.5. The number of nitrogens with zero attached hydrogens (tertiary/aromatic N) is 2. The third-order valence-corrected chi connectivity index (χ3v) is 5.65. The zero-order valence-electron chi connectivity index (χ0n) is 12.9. The zero-order chi connectivity index (χ0) is 15.1. The van der Waals surface area contributed by atoms with E-state index in [1.807, 2.05) is 11.3 Å². The fraction of sp³-hybridized carbons (Fsp3) is 0.333. The van der Waals surface area contributed by atoms with Crippen molar-refractivity contribution >= 4 is 33.1 Å². The van der Waals surface area contributed by atoms with Crippen LogP contribution in [-0.4, -0.2) is 9.97 Å². The number of nitrogens with one attached hydrogen (secondary N) is 1. The molecule has 1 aromatic carbocycles. The van der Waals surface area contributed by atoms with Crippen molar-refractivity contribution in [1.29, 1.82) is 0 Å². The monoisotopic (exact) mass is 309 g/mol. The van der Waals surface area contributed by atoms with Crippen LogP contribution >= 0.6 is 11.3 Å². The van der Waals surface area contributed by atoms with Crippen molar-refractivity contribution < 1.29 is 0 Å². The quantitative estimate of drug-likeness (QED) is 0.734. The van der Waals surface area contributed by atoms with E-state index in [1.54, 1.807) is 6.33 Å². The summed E-state index contributed by atoms with van der Waals surface area (Å²) >= 11 is 1.84. The number of anilines is 2. The van der Waals surface area contributed by atoms with Crippen LogP contribution in [0.4, 0.5) is 11.5 Å². The molecule has 1 unspecified atom stereocenters. The molecule has 0 saturated carbocycles. The van der Waals surface area contributed by atoms with Gasteiger partial charge in [-0.2, -0.15) is 0 Å². The summed E-state index contributed by atoms with van der Waals surface area (Å²) in [6, 6.07) is 8.33. The number of benzene rings is 1. The first-order chi connectivity index (χ1) is 10.7. The minimum atomic E-state index is 0.779. The number of fused-ring (bicyclic) bond motifs is 3. The Bertz CT molecular complexity index is 837. The molecule has 0 radical (unpaired) electrons. The van der Waals surface area contributed by atoms with Crippen molar-refractivity contribution in [2.45, 2.75) is 33.1 Å². The Kier molecular flexibility index (Phi) is 3.34. The molecule has 22 heavy (non-hydrogen) atoms. The van der Waals surface area contributed by atoms with Crippen LogP contribution in [0.25, 0.3) is 10.2 Å². The third kappa shape index (κ3) is 2.28. The maximum absolute atomic E-state index is 4.53. The number of aryl methyl sites for hydroxylation is 2. The van der Waals surface area contributed by atoms with Crippen LogP contribution in [0.1, 0.15) is 29.3 Å². The molecule has 1 aliphatic rings. The number of thiophene rings is 1. The van der Waals surface area contributed by atoms with Gasteiger partial charge in [-0.05, 0) is 49.3 Å². The van der Waals surface area contributed by atoms with E-state index in [1.165, 1.54) is 34.2 Å². The van der Waals surface area contributed by atoms with Crippen LogP contribution in [0.3, 0.4) is 0 Å². The number of hydrogen-bond acceptors (Lipinski definition) is 4. The van der Waals surface area contributed by atoms with Crippen LogP contribution in [-0.2, 0) is 12.8 Å². The number of aromatic nitrogens is 2. The Morgan fingerprint density at radius 3 is 2.95 bits per heavy atom. The highest BCUT2D eigenvalue weighted by atomic mass is 32.1. The van der Waals surface area contributed by atoms with Crippen LogP contribution < -0.4 is 5.32 Å². The van der Waals surface area contributed by atoms with Gasteiger partial charge in [0, 0.05) is 10.6 Å². The van der Waals surface area contributed by atoms with Gasteiger partial charge in [-0.25, -0.2) is 9.97 Å². The van der Waals surface area contributed by atoms with Gasteiger partial charge in [-0.1, -0.05) is 25.1 Å². The molecule has 1 atom stereocenters. The summed E-state index contributed by atoms with van der Waals surface area (Å²) in [5, 5.41) is 4.75. The topological polar surface area (TPSA) is 37.8 Å². The highest BCUT2D eigenvalue weighted by Crippen LogP contribution is 2.40. The van der Waals surface area contributed by atoms with Gasteiger partial charge < -0.3 is 5.32 Å². The Labute approximate surface area is 134 Å². The van der Waals surface area contributed by atoms with E-state index in [0.29, 0.717) is 0 Å². The first-order valence-corrected chi connectivity index (χ1v) is 8.62. The van der Waals surface area contributed by atoms with E-state index in [4.69, 9.17) is 0 Å². The van der Waals surface area contributed by atoms with E-state index in [2.05, 4.69) is 53.4 Å². The van der Waals surface area contributed by atoms with Gasteiger partial charge in [-0.15, -0.1) is 11.3 Å². The summed E-state index contributed by atoms with van der Waals surface area (Å²) in [6.45, 7) is 4.46. The van der Waals surface area contributed by atoms with Gasteiger partial charge in [0.2, 0.25) is 0 Å². The number of para-hydroxylation sites is 1.